The van der Waals surface area contributed by atoms with Crippen molar-refractivity contribution < 1.29 is 9.90 Å². The number of hydrogen-bond acceptors (Lipinski definition) is 4. The summed E-state index contributed by atoms with van der Waals surface area (Å²) >= 11 is 1.74. The summed E-state index contributed by atoms with van der Waals surface area (Å²) < 4.78 is 2.36. The van der Waals surface area contributed by atoms with Gasteiger partial charge in [-0.1, -0.05) is 79.6 Å². The van der Waals surface area contributed by atoms with Crippen LogP contribution in [0.4, 0.5) is 0 Å². The lowest BCUT2D eigenvalue weighted by Gasteiger charge is -2.25. The van der Waals surface area contributed by atoms with Crippen LogP contribution in [0.25, 0.3) is 44.6 Å². The van der Waals surface area contributed by atoms with E-state index in [2.05, 4.69) is 65.2 Å². The maximum atomic E-state index is 11.7. The predicted molar refractivity (Wildman–Crippen MR) is 166 cm³/mol. The zero-order valence-corrected chi connectivity index (χ0v) is 23.3. The second-order valence-electron chi connectivity index (χ2n) is 10.6. The normalized spacial score (nSPS) is 14.0. The molecule has 0 aliphatic heterocycles. The fraction of sp³-hybridized carbons (Fsp3) is 0.171. The Morgan fingerprint density at radius 3 is 2.27 bits per heavy atom. The number of aromatic carboxylic acids is 1. The number of hydrogen-bond donors (Lipinski definition) is 1. The van der Waals surface area contributed by atoms with E-state index >= 15 is 0 Å². The van der Waals surface area contributed by atoms with E-state index in [9.17, 15) is 9.90 Å². The molecule has 0 spiro atoms. The van der Waals surface area contributed by atoms with Crippen molar-refractivity contribution >= 4 is 39.7 Å². The Labute approximate surface area is 242 Å². The molecule has 2 heterocycles. The highest BCUT2D eigenvalue weighted by Gasteiger charge is 2.23. The molecule has 2 aromatic heterocycles. The van der Waals surface area contributed by atoms with Crippen molar-refractivity contribution in [2.24, 2.45) is 0 Å². The van der Waals surface area contributed by atoms with Gasteiger partial charge in [0.05, 0.1) is 27.8 Å². The standard InChI is InChI=1S/C35H29N3O2S/c39-35(40)25-17-19-32-31(21-25)37-34(38(32)26-12-6-2-7-13-26)24-16-18-29-28(20-24)33(41-27-14-8-3-9-15-27)22-30(36-29)23-10-4-1-5-11-23/h1,3-5,8-11,14-22,26H,2,6-7,12-13H2,(H,39,40). The van der Waals surface area contributed by atoms with Gasteiger partial charge < -0.3 is 9.67 Å². The van der Waals surface area contributed by atoms with Gasteiger partial charge in [0, 0.05) is 32.3 Å². The molecular weight excluding hydrogens is 526 g/mol. The van der Waals surface area contributed by atoms with Gasteiger partial charge in [-0.3, -0.25) is 0 Å². The summed E-state index contributed by atoms with van der Waals surface area (Å²) in [5.41, 5.74) is 5.95. The number of aromatic nitrogens is 3. The van der Waals surface area contributed by atoms with Crippen LogP contribution in [0.5, 0.6) is 0 Å². The number of carboxylic acid groups (broad SMARTS) is 1. The van der Waals surface area contributed by atoms with Gasteiger partial charge in [-0.05, 0) is 67.4 Å². The third-order valence-electron chi connectivity index (χ3n) is 7.95. The summed E-state index contributed by atoms with van der Waals surface area (Å²) in [5, 5.41) is 10.7. The van der Waals surface area contributed by atoms with E-state index in [1.54, 1.807) is 23.9 Å². The molecule has 5 nitrogen and oxygen atoms in total. The van der Waals surface area contributed by atoms with Crippen LogP contribution in [-0.2, 0) is 0 Å². The highest BCUT2D eigenvalue weighted by atomic mass is 32.2. The molecular formula is C35H29N3O2S. The number of rotatable bonds is 6. The van der Waals surface area contributed by atoms with Crippen LogP contribution in [0, 0.1) is 0 Å². The van der Waals surface area contributed by atoms with Crippen LogP contribution >= 0.6 is 11.8 Å². The van der Waals surface area contributed by atoms with Crippen molar-refractivity contribution in [3.8, 4) is 22.6 Å². The first-order valence-electron chi connectivity index (χ1n) is 14.1. The summed E-state index contributed by atoms with van der Waals surface area (Å²) in [7, 11) is 0. The van der Waals surface area contributed by atoms with Crippen LogP contribution in [0.1, 0.15) is 48.5 Å². The van der Waals surface area contributed by atoms with Gasteiger partial charge in [-0.25, -0.2) is 14.8 Å². The lowest BCUT2D eigenvalue weighted by atomic mass is 9.94. The maximum Gasteiger partial charge on any atom is 0.335 e. The topological polar surface area (TPSA) is 68.0 Å². The first-order valence-corrected chi connectivity index (χ1v) is 14.9. The largest absolute Gasteiger partial charge is 0.478 e. The first-order chi connectivity index (χ1) is 20.1. The Balaban J connectivity index is 1.42. The zero-order valence-electron chi connectivity index (χ0n) is 22.5. The minimum Gasteiger partial charge on any atom is -0.478 e. The number of fused-ring (bicyclic) bond motifs is 2. The lowest BCUT2D eigenvalue weighted by Crippen LogP contribution is -2.14. The zero-order chi connectivity index (χ0) is 27.8. The molecule has 0 atom stereocenters. The monoisotopic (exact) mass is 555 g/mol. The second kappa shape index (κ2) is 10.9. The number of benzene rings is 4. The molecule has 41 heavy (non-hydrogen) atoms. The van der Waals surface area contributed by atoms with E-state index in [4.69, 9.17) is 9.97 Å². The SMILES string of the molecule is O=C(O)c1ccc2c(c1)nc(-c1ccc3nc(-c4ccccc4)cc(Sc4ccccc4)c3c1)n2C1CCCCC1. The molecule has 0 radical (unpaired) electrons. The fourth-order valence-corrected chi connectivity index (χ4v) is 6.93. The number of carbonyl (C=O) groups is 1. The predicted octanol–water partition coefficient (Wildman–Crippen LogP) is 9.27. The minimum absolute atomic E-state index is 0.259. The Hall–Kier alpha value is -4.42. The lowest BCUT2D eigenvalue weighted by molar-refractivity contribution is 0.0697. The molecule has 202 valence electrons. The highest BCUT2D eigenvalue weighted by Crippen LogP contribution is 2.40. The Kier molecular flexibility index (Phi) is 6.77. The number of pyridine rings is 1. The van der Waals surface area contributed by atoms with Gasteiger partial charge >= 0.3 is 5.97 Å². The van der Waals surface area contributed by atoms with Crippen molar-refractivity contribution in [3.63, 3.8) is 0 Å². The summed E-state index contributed by atoms with van der Waals surface area (Å²) in [5.74, 6) is -0.0478. The number of carboxylic acids is 1. The Bertz CT molecular complexity index is 1880. The van der Waals surface area contributed by atoms with Crippen molar-refractivity contribution in [2.45, 2.75) is 47.9 Å². The van der Waals surface area contributed by atoms with Crippen LogP contribution in [0.3, 0.4) is 0 Å². The summed E-state index contributed by atoms with van der Waals surface area (Å²) in [6.07, 6.45) is 5.85. The molecule has 0 saturated heterocycles. The smallest absolute Gasteiger partial charge is 0.335 e. The molecule has 6 aromatic rings. The molecule has 1 fully saturated rings. The average Bonchev–Trinajstić information content (AvgIpc) is 3.41. The van der Waals surface area contributed by atoms with Crippen molar-refractivity contribution in [2.75, 3.05) is 0 Å². The maximum absolute atomic E-state index is 11.7. The van der Waals surface area contributed by atoms with E-state index in [-0.39, 0.29) is 5.56 Å². The van der Waals surface area contributed by atoms with Crippen LogP contribution in [0.2, 0.25) is 0 Å². The van der Waals surface area contributed by atoms with Gasteiger partial charge in [0.25, 0.3) is 0 Å². The molecule has 0 unspecified atom stereocenters. The first kappa shape index (κ1) is 25.5. The molecule has 0 bridgehead atoms. The molecule has 7 rings (SSSR count). The highest BCUT2D eigenvalue weighted by molar-refractivity contribution is 7.99. The quantitative estimate of drug-likeness (QED) is 0.222. The number of nitrogens with zero attached hydrogens (tertiary/aromatic N) is 3. The summed E-state index contributed by atoms with van der Waals surface area (Å²) in [4.78, 5) is 24.2. The fourth-order valence-electron chi connectivity index (χ4n) is 5.93. The van der Waals surface area contributed by atoms with Gasteiger partial charge in [0.15, 0.2) is 0 Å². The van der Waals surface area contributed by atoms with Gasteiger partial charge in [0.2, 0.25) is 0 Å². The molecule has 0 amide bonds. The van der Waals surface area contributed by atoms with E-state index in [1.807, 2.05) is 30.3 Å². The average molecular weight is 556 g/mol. The second-order valence-corrected chi connectivity index (χ2v) is 11.7. The van der Waals surface area contributed by atoms with Crippen LogP contribution < -0.4 is 0 Å². The number of imidazole rings is 1. The third kappa shape index (κ3) is 5.00. The van der Waals surface area contributed by atoms with Gasteiger partial charge in [-0.15, -0.1) is 0 Å². The van der Waals surface area contributed by atoms with E-state index < -0.39 is 5.97 Å². The molecule has 1 N–H and O–H groups in total. The van der Waals surface area contributed by atoms with E-state index in [1.165, 1.54) is 24.2 Å². The molecule has 1 aliphatic carbocycles. The summed E-state index contributed by atoms with van der Waals surface area (Å²) in [6, 6.07) is 35.0. The van der Waals surface area contributed by atoms with Gasteiger partial charge in [-0.2, -0.15) is 0 Å². The van der Waals surface area contributed by atoms with Crippen LogP contribution in [0.15, 0.2) is 113 Å². The third-order valence-corrected chi connectivity index (χ3v) is 9.01. The van der Waals surface area contributed by atoms with Crippen molar-refractivity contribution in [1.29, 1.82) is 0 Å². The Morgan fingerprint density at radius 2 is 1.51 bits per heavy atom. The van der Waals surface area contributed by atoms with E-state index in [0.717, 1.165) is 62.3 Å². The van der Waals surface area contributed by atoms with Gasteiger partial charge in [0.1, 0.15) is 5.82 Å². The van der Waals surface area contributed by atoms with Crippen molar-refractivity contribution in [3.05, 3.63) is 109 Å². The molecule has 1 saturated carbocycles. The Morgan fingerprint density at radius 1 is 0.756 bits per heavy atom. The van der Waals surface area contributed by atoms with Crippen molar-refractivity contribution in [1.82, 2.24) is 14.5 Å². The van der Waals surface area contributed by atoms with Crippen LogP contribution in [-0.4, -0.2) is 25.6 Å². The molecule has 1 aliphatic rings. The minimum atomic E-state index is -0.936. The van der Waals surface area contributed by atoms with E-state index in [0.29, 0.717) is 6.04 Å². The molecule has 4 aromatic carbocycles. The molecule has 6 heteroatoms. The summed E-state index contributed by atoms with van der Waals surface area (Å²) in [6.45, 7) is 0.